The van der Waals surface area contributed by atoms with Gasteiger partial charge in [0.25, 0.3) is 0 Å². The lowest BCUT2D eigenvalue weighted by Crippen LogP contribution is -2.33. The summed E-state index contributed by atoms with van der Waals surface area (Å²) in [6, 6.07) is 4.08. The first-order valence-electron chi connectivity index (χ1n) is 9.19. The van der Waals surface area contributed by atoms with E-state index in [1.807, 2.05) is 23.9 Å². The summed E-state index contributed by atoms with van der Waals surface area (Å²) in [5, 5.41) is 12.3. The van der Waals surface area contributed by atoms with Crippen LogP contribution in [0.2, 0.25) is 0 Å². The van der Waals surface area contributed by atoms with Crippen LogP contribution in [0.25, 0.3) is 0 Å². The van der Waals surface area contributed by atoms with E-state index in [9.17, 15) is 4.79 Å². The Morgan fingerprint density at radius 2 is 2.37 bits per heavy atom. The number of aryl methyl sites for hydroxylation is 1. The molecule has 1 amide bonds. The predicted molar refractivity (Wildman–Crippen MR) is 103 cm³/mol. The summed E-state index contributed by atoms with van der Waals surface area (Å²) in [5.74, 6) is 1.17. The lowest BCUT2D eigenvalue weighted by atomic mass is 10.2. The third-order valence-corrected chi connectivity index (χ3v) is 5.55. The van der Waals surface area contributed by atoms with Crippen molar-refractivity contribution >= 4 is 17.7 Å². The van der Waals surface area contributed by atoms with Gasteiger partial charge in [0.1, 0.15) is 5.82 Å². The Morgan fingerprint density at radius 1 is 1.48 bits per heavy atom. The van der Waals surface area contributed by atoms with Crippen LogP contribution in [0.5, 0.6) is 0 Å². The molecule has 3 heterocycles. The first-order valence-corrected chi connectivity index (χ1v) is 10.2. The SMILES string of the molecule is COCCn1c(Cc2cccn2C)nnc1SCC(=O)NC[C@@H]1CCCO1. The Kier molecular flexibility index (Phi) is 7.31. The lowest BCUT2D eigenvalue weighted by molar-refractivity contribution is -0.119. The van der Waals surface area contributed by atoms with Gasteiger partial charge in [-0.2, -0.15) is 0 Å². The maximum atomic E-state index is 12.1. The molecular formula is C18H27N5O3S. The van der Waals surface area contributed by atoms with Gasteiger partial charge in [-0.05, 0) is 25.0 Å². The highest BCUT2D eigenvalue weighted by Crippen LogP contribution is 2.19. The molecule has 8 nitrogen and oxygen atoms in total. The third kappa shape index (κ3) is 5.57. The third-order valence-electron chi connectivity index (χ3n) is 4.59. The van der Waals surface area contributed by atoms with Gasteiger partial charge in [-0.25, -0.2) is 0 Å². The highest BCUT2D eigenvalue weighted by atomic mass is 32.2. The zero-order valence-electron chi connectivity index (χ0n) is 15.9. The van der Waals surface area contributed by atoms with Crippen LogP contribution in [0, 0.1) is 0 Å². The van der Waals surface area contributed by atoms with E-state index < -0.39 is 0 Å². The van der Waals surface area contributed by atoms with E-state index in [1.165, 1.54) is 11.8 Å². The van der Waals surface area contributed by atoms with E-state index in [2.05, 4.69) is 26.1 Å². The molecule has 0 aromatic carbocycles. The van der Waals surface area contributed by atoms with Crippen molar-refractivity contribution in [3.63, 3.8) is 0 Å². The smallest absolute Gasteiger partial charge is 0.230 e. The first kappa shape index (κ1) is 19.9. The minimum atomic E-state index is -0.0132. The molecule has 0 unspecified atom stereocenters. The van der Waals surface area contributed by atoms with E-state index >= 15 is 0 Å². The van der Waals surface area contributed by atoms with E-state index in [0.717, 1.165) is 36.1 Å². The predicted octanol–water partition coefficient (Wildman–Crippen LogP) is 1.24. The van der Waals surface area contributed by atoms with Crippen molar-refractivity contribution in [3.8, 4) is 0 Å². The van der Waals surface area contributed by atoms with Crippen LogP contribution in [0.3, 0.4) is 0 Å². The molecule has 1 fully saturated rings. The second-order valence-electron chi connectivity index (χ2n) is 6.56. The zero-order valence-corrected chi connectivity index (χ0v) is 16.7. The van der Waals surface area contributed by atoms with Crippen molar-refractivity contribution in [3.05, 3.63) is 29.8 Å². The molecule has 0 aliphatic carbocycles. The summed E-state index contributed by atoms with van der Waals surface area (Å²) in [6.45, 7) is 2.59. The van der Waals surface area contributed by atoms with Gasteiger partial charge in [-0.3, -0.25) is 4.79 Å². The molecule has 1 N–H and O–H groups in total. The fraction of sp³-hybridized carbons (Fsp3) is 0.611. The van der Waals surface area contributed by atoms with Crippen molar-refractivity contribution in [2.45, 2.75) is 37.1 Å². The normalized spacial score (nSPS) is 16.7. The van der Waals surface area contributed by atoms with Gasteiger partial charge in [-0.1, -0.05) is 11.8 Å². The largest absolute Gasteiger partial charge is 0.383 e. The first-order chi connectivity index (χ1) is 13.2. The molecule has 9 heteroatoms. The van der Waals surface area contributed by atoms with Crippen molar-refractivity contribution in [2.24, 2.45) is 7.05 Å². The molecule has 0 radical (unpaired) electrons. The van der Waals surface area contributed by atoms with Gasteiger partial charge in [0.15, 0.2) is 5.16 Å². The number of ether oxygens (including phenoxy) is 2. The molecule has 1 aliphatic rings. The molecule has 1 saturated heterocycles. The average Bonchev–Trinajstić information content (AvgIpc) is 3.40. The van der Waals surface area contributed by atoms with Crippen LogP contribution in [0.4, 0.5) is 0 Å². The molecule has 0 saturated carbocycles. The Balaban J connectivity index is 1.58. The number of hydrogen-bond donors (Lipinski definition) is 1. The fourth-order valence-corrected chi connectivity index (χ4v) is 3.83. The molecule has 0 spiro atoms. The maximum Gasteiger partial charge on any atom is 0.230 e. The van der Waals surface area contributed by atoms with Crippen molar-refractivity contribution in [1.82, 2.24) is 24.6 Å². The Hall–Kier alpha value is -1.84. The van der Waals surface area contributed by atoms with Crippen LogP contribution >= 0.6 is 11.8 Å². The summed E-state index contributed by atoms with van der Waals surface area (Å²) >= 11 is 1.40. The van der Waals surface area contributed by atoms with Gasteiger partial charge in [0.2, 0.25) is 5.91 Å². The van der Waals surface area contributed by atoms with E-state index in [4.69, 9.17) is 9.47 Å². The summed E-state index contributed by atoms with van der Waals surface area (Å²) in [5.41, 5.74) is 1.16. The van der Waals surface area contributed by atoms with Gasteiger partial charge < -0.3 is 23.9 Å². The van der Waals surface area contributed by atoms with Crippen LogP contribution in [-0.2, 0) is 34.3 Å². The number of methoxy groups -OCH3 is 1. The minimum Gasteiger partial charge on any atom is -0.383 e. The molecule has 1 aliphatic heterocycles. The van der Waals surface area contributed by atoms with E-state index in [1.54, 1.807) is 7.11 Å². The fourth-order valence-electron chi connectivity index (χ4n) is 3.02. The summed E-state index contributed by atoms with van der Waals surface area (Å²) in [6.07, 6.45) is 4.94. The molecule has 3 rings (SSSR count). The quantitative estimate of drug-likeness (QED) is 0.612. The molecule has 0 bridgehead atoms. The molecule has 148 valence electrons. The van der Waals surface area contributed by atoms with Gasteiger partial charge in [0, 0.05) is 52.2 Å². The van der Waals surface area contributed by atoms with E-state index in [0.29, 0.717) is 31.9 Å². The number of thioether (sulfide) groups is 1. The van der Waals surface area contributed by atoms with Crippen LogP contribution in [0.1, 0.15) is 24.4 Å². The number of amides is 1. The molecule has 2 aromatic rings. The molecule has 1 atom stereocenters. The maximum absolute atomic E-state index is 12.1. The Morgan fingerprint density at radius 3 is 3.07 bits per heavy atom. The summed E-state index contributed by atoms with van der Waals surface area (Å²) in [7, 11) is 3.69. The summed E-state index contributed by atoms with van der Waals surface area (Å²) < 4.78 is 14.9. The number of nitrogens with one attached hydrogen (secondary N) is 1. The average molecular weight is 394 g/mol. The number of carbonyl (C=O) groups is 1. The Labute approximate surface area is 163 Å². The van der Waals surface area contributed by atoms with Crippen molar-refractivity contribution in [2.75, 3.05) is 32.6 Å². The Bertz CT molecular complexity index is 739. The number of carbonyl (C=O) groups excluding carboxylic acids is 1. The monoisotopic (exact) mass is 393 g/mol. The van der Waals surface area contributed by atoms with Gasteiger partial charge in [-0.15, -0.1) is 10.2 Å². The lowest BCUT2D eigenvalue weighted by Gasteiger charge is -2.11. The molecule has 2 aromatic heterocycles. The van der Waals surface area contributed by atoms with Crippen molar-refractivity contribution in [1.29, 1.82) is 0 Å². The highest BCUT2D eigenvalue weighted by molar-refractivity contribution is 7.99. The number of nitrogens with zero attached hydrogens (tertiary/aromatic N) is 4. The summed E-state index contributed by atoms with van der Waals surface area (Å²) in [4.78, 5) is 12.1. The molecule has 27 heavy (non-hydrogen) atoms. The zero-order chi connectivity index (χ0) is 19.1. The number of aromatic nitrogens is 4. The van der Waals surface area contributed by atoms with E-state index in [-0.39, 0.29) is 12.0 Å². The number of hydrogen-bond acceptors (Lipinski definition) is 6. The van der Waals surface area contributed by atoms with Gasteiger partial charge in [0.05, 0.1) is 18.5 Å². The molecular weight excluding hydrogens is 366 g/mol. The standard InChI is InChI=1S/C18H27N5O3S/c1-22-7-3-5-14(22)11-16-20-21-18(23(16)8-10-25-2)27-13-17(24)19-12-15-6-4-9-26-15/h3,5,7,15H,4,6,8-13H2,1-2H3,(H,19,24)/t15-/m0/s1. The minimum absolute atomic E-state index is 0.0132. The second-order valence-corrected chi connectivity index (χ2v) is 7.50. The second kappa shape index (κ2) is 9.91. The highest BCUT2D eigenvalue weighted by Gasteiger charge is 2.18. The van der Waals surface area contributed by atoms with Crippen LogP contribution < -0.4 is 5.32 Å². The topological polar surface area (TPSA) is 83.2 Å². The van der Waals surface area contributed by atoms with Gasteiger partial charge >= 0.3 is 0 Å². The number of rotatable bonds is 10. The van der Waals surface area contributed by atoms with Crippen LogP contribution in [0.15, 0.2) is 23.5 Å². The van der Waals surface area contributed by atoms with Crippen molar-refractivity contribution < 1.29 is 14.3 Å². The van der Waals surface area contributed by atoms with Crippen LogP contribution in [-0.4, -0.2) is 64.0 Å².